The fraction of sp³-hybridized carbons (Fsp3) is 0.667. The van der Waals surface area contributed by atoms with E-state index >= 15 is 0 Å². The van der Waals surface area contributed by atoms with Crippen molar-refractivity contribution >= 4 is 30.0 Å². The van der Waals surface area contributed by atoms with Gasteiger partial charge >= 0.3 is 5.97 Å². The Bertz CT molecular complexity index is 555. The highest BCUT2D eigenvalue weighted by Crippen LogP contribution is 2.19. The van der Waals surface area contributed by atoms with Crippen LogP contribution in [0.15, 0.2) is 0 Å². The van der Waals surface area contributed by atoms with Crippen LogP contribution < -0.4 is 22.1 Å². The maximum Gasteiger partial charge on any atom is 0.305 e. The van der Waals surface area contributed by atoms with Gasteiger partial charge in [0.1, 0.15) is 12.1 Å². The molecule has 2 amide bonds. The van der Waals surface area contributed by atoms with E-state index in [1.165, 1.54) is 11.2 Å². The van der Waals surface area contributed by atoms with Crippen molar-refractivity contribution in [2.45, 2.75) is 50.2 Å². The van der Waals surface area contributed by atoms with Crippen LogP contribution in [0.4, 0.5) is 0 Å². The van der Waals surface area contributed by atoms with Crippen molar-refractivity contribution < 1.29 is 24.3 Å². The summed E-state index contributed by atoms with van der Waals surface area (Å²) in [6, 6.07) is -2.85. The van der Waals surface area contributed by atoms with Gasteiger partial charge in [-0.25, -0.2) is 0 Å². The molecule has 0 aliphatic carbocycles. The summed E-state index contributed by atoms with van der Waals surface area (Å²) in [7, 11) is 0. The standard InChI is InChI=1S/C15H25N6O5/c16-10(3-1-5-19-15(17)18)14(26)21-6-2-4-11(21)13(25)20-9(8-22)7-12(23)24/h9-11H,1-7,16H2,(H,20,25)(H,23,24)(H4,17,18,19)/t9-,10-,11-/m0/s1. The topological polar surface area (TPSA) is 192 Å². The Morgan fingerprint density at radius 2 is 2.08 bits per heavy atom. The quantitative estimate of drug-likeness (QED) is 0.140. The van der Waals surface area contributed by atoms with Crippen molar-refractivity contribution in [3.63, 3.8) is 0 Å². The molecule has 8 N–H and O–H groups in total. The first kappa shape index (κ1) is 21.4. The lowest BCUT2D eigenvalue weighted by atomic mass is 10.1. The molecule has 1 aliphatic heterocycles. The van der Waals surface area contributed by atoms with Crippen molar-refractivity contribution in [2.24, 2.45) is 11.5 Å². The molecule has 26 heavy (non-hydrogen) atoms. The zero-order chi connectivity index (χ0) is 19.7. The average molecular weight is 369 g/mol. The maximum absolute atomic E-state index is 12.5. The minimum atomic E-state index is -1.26. The Kier molecular flexibility index (Phi) is 8.49. The Morgan fingerprint density at radius 1 is 1.38 bits per heavy atom. The van der Waals surface area contributed by atoms with Crippen LogP contribution in [-0.4, -0.2) is 71.3 Å². The van der Waals surface area contributed by atoms with Crippen LogP contribution in [0, 0.1) is 5.41 Å². The third-order valence-electron chi connectivity index (χ3n) is 4.00. The van der Waals surface area contributed by atoms with Gasteiger partial charge in [0, 0.05) is 13.1 Å². The summed E-state index contributed by atoms with van der Waals surface area (Å²) >= 11 is 0. The van der Waals surface area contributed by atoms with E-state index in [9.17, 15) is 19.2 Å². The van der Waals surface area contributed by atoms with Gasteiger partial charge in [-0.05, 0) is 25.7 Å². The van der Waals surface area contributed by atoms with Crippen LogP contribution >= 0.6 is 0 Å². The number of carboxylic acid groups (broad SMARTS) is 1. The van der Waals surface area contributed by atoms with E-state index in [0.717, 1.165) is 0 Å². The third kappa shape index (κ3) is 6.67. The molecule has 11 heteroatoms. The number of amides is 2. The fourth-order valence-electron chi connectivity index (χ4n) is 2.75. The number of carboxylic acids is 1. The molecule has 0 unspecified atom stereocenters. The molecular weight excluding hydrogens is 344 g/mol. The zero-order valence-electron chi connectivity index (χ0n) is 14.4. The van der Waals surface area contributed by atoms with Crippen LogP contribution in [0.2, 0.25) is 0 Å². The SMILES string of the molecule is N=C(N)NCCC[C@H](N)C(=O)N1CCC[C@H]1C(=O)N[C@H]([C]=O)CC(=O)O. The molecule has 1 radical (unpaired) electrons. The van der Waals surface area contributed by atoms with E-state index in [4.69, 9.17) is 22.0 Å². The lowest BCUT2D eigenvalue weighted by Gasteiger charge is -2.27. The van der Waals surface area contributed by atoms with Gasteiger partial charge < -0.3 is 32.1 Å². The van der Waals surface area contributed by atoms with Crippen molar-refractivity contribution in [3.05, 3.63) is 0 Å². The average Bonchev–Trinajstić information content (AvgIpc) is 3.06. The molecule has 1 rings (SSSR count). The number of guanidine groups is 1. The molecule has 0 saturated carbocycles. The van der Waals surface area contributed by atoms with Gasteiger partial charge in [0.05, 0.1) is 12.5 Å². The zero-order valence-corrected chi connectivity index (χ0v) is 14.4. The minimum Gasteiger partial charge on any atom is -0.481 e. The van der Waals surface area contributed by atoms with E-state index < -0.39 is 36.4 Å². The maximum atomic E-state index is 12.5. The molecule has 11 nitrogen and oxygen atoms in total. The summed E-state index contributed by atoms with van der Waals surface area (Å²) in [6.07, 6.45) is 2.80. The molecule has 0 aromatic carbocycles. The summed E-state index contributed by atoms with van der Waals surface area (Å²) in [5.74, 6) is -2.37. The number of carbonyl (C=O) groups is 3. The number of nitrogens with one attached hydrogen (secondary N) is 3. The van der Waals surface area contributed by atoms with Gasteiger partial charge in [0.15, 0.2) is 5.96 Å². The van der Waals surface area contributed by atoms with E-state index in [-0.39, 0.29) is 11.9 Å². The largest absolute Gasteiger partial charge is 0.481 e. The normalized spacial score (nSPS) is 18.7. The first-order valence-corrected chi connectivity index (χ1v) is 8.30. The van der Waals surface area contributed by atoms with Crippen LogP contribution in [0.5, 0.6) is 0 Å². The van der Waals surface area contributed by atoms with Crippen molar-refractivity contribution in [1.82, 2.24) is 15.5 Å². The van der Waals surface area contributed by atoms with Crippen molar-refractivity contribution in [1.29, 1.82) is 5.41 Å². The summed E-state index contributed by atoms with van der Waals surface area (Å²) in [4.78, 5) is 47.6. The Morgan fingerprint density at radius 3 is 2.65 bits per heavy atom. The molecule has 0 bridgehead atoms. The number of aliphatic carboxylic acids is 1. The van der Waals surface area contributed by atoms with Gasteiger partial charge in [-0.15, -0.1) is 0 Å². The lowest BCUT2D eigenvalue weighted by molar-refractivity contribution is -0.140. The predicted octanol–water partition coefficient (Wildman–Crippen LogP) is -2.36. The van der Waals surface area contributed by atoms with Crippen LogP contribution in [0.1, 0.15) is 32.1 Å². The lowest BCUT2D eigenvalue weighted by Crippen LogP contribution is -2.53. The number of hydrogen-bond donors (Lipinski definition) is 6. The summed E-state index contributed by atoms with van der Waals surface area (Å²) in [5, 5.41) is 20.7. The van der Waals surface area contributed by atoms with Gasteiger partial charge in [-0.2, -0.15) is 0 Å². The number of likely N-dealkylation sites (tertiary alicyclic amines) is 1. The fourth-order valence-corrected chi connectivity index (χ4v) is 2.75. The smallest absolute Gasteiger partial charge is 0.305 e. The number of carbonyl (C=O) groups excluding carboxylic acids is 3. The molecule has 1 heterocycles. The molecular formula is C15H25N6O5. The number of nitrogens with two attached hydrogens (primary N) is 2. The molecule has 0 spiro atoms. The number of rotatable bonds is 10. The highest BCUT2D eigenvalue weighted by Gasteiger charge is 2.36. The van der Waals surface area contributed by atoms with Crippen LogP contribution in [-0.2, 0) is 19.2 Å². The monoisotopic (exact) mass is 369 g/mol. The van der Waals surface area contributed by atoms with Gasteiger partial charge in [0.25, 0.3) is 0 Å². The highest BCUT2D eigenvalue weighted by molar-refractivity contribution is 5.91. The second-order valence-corrected chi connectivity index (χ2v) is 6.06. The van der Waals surface area contributed by atoms with Gasteiger partial charge in [-0.1, -0.05) is 0 Å². The first-order valence-electron chi connectivity index (χ1n) is 8.30. The third-order valence-corrected chi connectivity index (χ3v) is 4.00. The van der Waals surface area contributed by atoms with E-state index in [1.807, 2.05) is 0 Å². The molecule has 1 fully saturated rings. The molecule has 3 atom stereocenters. The Balaban J connectivity index is 2.57. The summed E-state index contributed by atoms with van der Waals surface area (Å²) in [5.41, 5.74) is 11.1. The van der Waals surface area contributed by atoms with Gasteiger partial charge in [0.2, 0.25) is 18.1 Å². The Hall–Kier alpha value is -2.69. The van der Waals surface area contributed by atoms with Crippen LogP contribution in [0.3, 0.4) is 0 Å². The Labute approximate surface area is 151 Å². The van der Waals surface area contributed by atoms with E-state index in [1.54, 1.807) is 0 Å². The van der Waals surface area contributed by atoms with E-state index in [0.29, 0.717) is 38.8 Å². The van der Waals surface area contributed by atoms with Crippen molar-refractivity contribution in [2.75, 3.05) is 13.1 Å². The second-order valence-electron chi connectivity index (χ2n) is 6.06. The number of hydrogen-bond acceptors (Lipinski definition) is 6. The van der Waals surface area contributed by atoms with E-state index in [2.05, 4.69) is 10.6 Å². The van der Waals surface area contributed by atoms with Crippen molar-refractivity contribution in [3.8, 4) is 0 Å². The molecule has 1 saturated heterocycles. The van der Waals surface area contributed by atoms with Crippen LogP contribution in [0.25, 0.3) is 0 Å². The minimum absolute atomic E-state index is 0.163. The predicted molar refractivity (Wildman–Crippen MR) is 91.7 cm³/mol. The molecule has 1 aliphatic rings. The summed E-state index contributed by atoms with van der Waals surface area (Å²) < 4.78 is 0. The first-order chi connectivity index (χ1) is 12.3. The highest BCUT2D eigenvalue weighted by atomic mass is 16.4. The second kappa shape index (κ2) is 10.3. The number of nitrogens with zero attached hydrogens (tertiary/aromatic N) is 1. The molecule has 0 aromatic heterocycles. The van der Waals surface area contributed by atoms with Gasteiger partial charge in [-0.3, -0.25) is 24.6 Å². The summed E-state index contributed by atoms with van der Waals surface area (Å²) in [6.45, 7) is 0.775. The molecule has 0 aromatic rings. The molecule has 145 valence electrons.